The van der Waals surface area contributed by atoms with Gasteiger partial charge in [-0.1, -0.05) is 11.6 Å². The quantitative estimate of drug-likeness (QED) is 0.630. The lowest BCUT2D eigenvalue weighted by atomic mass is 10.3. The van der Waals surface area contributed by atoms with Crippen LogP contribution < -0.4 is 5.73 Å². The number of hydrogen-bond donors (Lipinski definition) is 1. The summed E-state index contributed by atoms with van der Waals surface area (Å²) in [5.41, 5.74) is 5.70. The van der Waals surface area contributed by atoms with Crippen molar-refractivity contribution in [3.63, 3.8) is 0 Å². The lowest BCUT2D eigenvalue weighted by Gasteiger charge is -1.95. The minimum atomic E-state index is -0.662. The summed E-state index contributed by atoms with van der Waals surface area (Å²) in [6, 6.07) is 3.03. The van der Waals surface area contributed by atoms with Gasteiger partial charge in [-0.3, -0.25) is 0 Å². The van der Waals surface area contributed by atoms with Crippen molar-refractivity contribution in [2.24, 2.45) is 5.73 Å². The van der Waals surface area contributed by atoms with Crippen LogP contribution in [0.5, 0.6) is 0 Å². The Labute approximate surface area is 62.8 Å². The molecule has 0 aliphatic carbocycles. The molecule has 1 aromatic heterocycles. The number of pyridine rings is 1. The summed E-state index contributed by atoms with van der Waals surface area (Å²) in [5.74, 6) is -0.662. The van der Waals surface area contributed by atoms with Gasteiger partial charge in [0, 0.05) is 6.54 Å². The van der Waals surface area contributed by atoms with Gasteiger partial charge in [0.15, 0.2) is 0 Å². The molecule has 0 atom stereocenters. The van der Waals surface area contributed by atoms with Crippen molar-refractivity contribution in [1.29, 1.82) is 0 Å². The monoisotopic (exact) mass is 160 g/mol. The molecule has 1 heterocycles. The van der Waals surface area contributed by atoms with Gasteiger partial charge in [-0.25, -0.2) is 4.98 Å². The Morgan fingerprint density at radius 2 is 2.30 bits per heavy atom. The van der Waals surface area contributed by atoms with E-state index in [0.29, 0.717) is 5.69 Å². The van der Waals surface area contributed by atoms with Crippen LogP contribution in [0, 0.1) is 5.95 Å². The predicted octanol–water partition coefficient (Wildman–Crippen LogP) is 1.33. The van der Waals surface area contributed by atoms with Gasteiger partial charge in [0.2, 0.25) is 5.95 Å². The molecule has 0 aromatic carbocycles. The zero-order chi connectivity index (χ0) is 7.56. The summed E-state index contributed by atoms with van der Waals surface area (Å²) in [6.45, 7) is 0.230. The maximum absolute atomic E-state index is 12.5. The molecular formula is C6H6ClFN2. The summed E-state index contributed by atoms with van der Waals surface area (Å²) in [5, 5.41) is 0.0252. The summed E-state index contributed by atoms with van der Waals surface area (Å²) >= 11 is 5.36. The van der Waals surface area contributed by atoms with Gasteiger partial charge in [-0.05, 0) is 12.1 Å². The van der Waals surface area contributed by atoms with E-state index in [0.717, 1.165) is 0 Å². The number of aromatic nitrogens is 1. The first-order valence-electron chi connectivity index (χ1n) is 2.75. The van der Waals surface area contributed by atoms with Crippen LogP contribution in [0.3, 0.4) is 0 Å². The van der Waals surface area contributed by atoms with Gasteiger partial charge >= 0.3 is 0 Å². The molecule has 54 valence electrons. The number of halogens is 2. The van der Waals surface area contributed by atoms with E-state index in [1.54, 1.807) is 6.07 Å². The highest BCUT2D eigenvalue weighted by Crippen LogP contribution is 2.11. The van der Waals surface area contributed by atoms with E-state index >= 15 is 0 Å². The van der Waals surface area contributed by atoms with Crippen LogP contribution >= 0.6 is 11.6 Å². The van der Waals surface area contributed by atoms with Crippen molar-refractivity contribution < 1.29 is 4.39 Å². The van der Waals surface area contributed by atoms with Crippen LogP contribution in [0.1, 0.15) is 5.69 Å². The third-order valence-electron chi connectivity index (χ3n) is 1.07. The van der Waals surface area contributed by atoms with Gasteiger partial charge in [0.25, 0.3) is 0 Å². The molecule has 0 radical (unpaired) electrons. The molecule has 4 heteroatoms. The standard InChI is InChI=1S/C6H6ClFN2/c7-5-2-1-4(3-9)10-6(5)8/h1-2H,3,9H2. The molecule has 0 spiro atoms. The highest BCUT2D eigenvalue weighted by atomic mass is 35.5. The molecular weight excluding hydrogens is 155 g/mol. The Kier molecular flexibility index (Phi) is 2.19. The van der Waals surface area contributed by atoms with Crippen LogP contribution in [-0.2, 0) is 6.54 Å². The maximum atomic E-state index is 12.5. The number of rotatable bonds is 1. The average molecular weight is 161 g/mol. The van der Waals surface area contributed by atoms with Crippen LogP contribution in [0.15, 0.2) is 12.1 Å². The molecule has 0 saturated carbocycles. The Morgan fingerprint density at radius 3 is 2.80 bits per heavy atom. The van der Waals surface area contributed by atoms with E-state index < -0.39 is 5.95 Å². The molecule has 0 fully saturated rings. The van der Waals surface area contributed by atoms with Crippen molar-refractivity contribution in [1.82, 2.24) is 4.98 Å². The summed E-state index contributed by atoms with van der Waals surface area (Å²) < 4.78 is 12.5. The van der Waals surface area contributed by atoms with Gasteiger partial charge in [0.1, 0.15) is 0 Å². The Bertz CT molecular complexity index is 239. The first-order valence-corrected chi connectivity index (χ1v) is 3.13. The fraction of sp³-hybridized carbons (Fsp3) is 0.167. The van der Waals surface area contributed by atoms with Crippen molar-refractivity contribution in [3.05, 3.63) is 28.8 Å². The van der Waals surface area contributed by atoms with E-state index in [1.165, 1.54) is 6.07 Å². The maximum Gasteiger partial charge on any atom is 0.231 e. The average Bonchev–Trinajstić information content (AvgIpc) is 1.95. The van der Waals surface area contributed by atoms with E-state index in [-0.39, 0.29) is 11.6 Å². The number of nitrogens with zero attached hydrogens (tertiary/aromatic N) is 1. The van der Waals surface area contributed by atoms with E-state index in [1.807, 2.05) is 0 Å². The fourth-order valence-corrected chi connectivity index (χ4v) is 0.674. The number of hydrogen-bond acceptors (Lipinski definition) is 2. The van der Waals surface area contributed by atoms with Crippen molar-refractivity contribution in [2.45, 2.75) is 6.54 Å². The molecule has 0 amide bonds. The van der Waals surface area contributed by atoms with Crippen LogP contribution in [0.2, 0.25) is 5.02 Å². The third kappa shape index (κ3) is 1.43. The van der Waals surface area contributed by atoms with Crippen LogP contribution in [0.4, 0.5) is 4.39 Å². The highest BCUT2D eigenvalue weighted by molar-refractivity contribution is 6.30. The Balaban J connectivity index is 3.04. The summed E-state index contributed by atoms with van der Waals surface area (Å²) in [7, 11) is 0. The van der Waals surface area contributed by atoms with Gasteiger partial charge in [-0.2, -0.15) is 4.39 Å². The molecule has 0 aliphatic heterocycles. The Hall–Kier alpha value is -0.670. The second-order valence-corrected chi connectivity index (χ2v) is 2.19. The van der Waals surface area contributed by atoms with Crippen molar-refractivity contribution in [2.75, 3.05) is 0 Å². The van der Waals surface area contributed by atoms with E-state index in [2.05, 4.69) is 4.98 Å². The first kappa shape index (κ1) is 7.44. The predicted molar refractivity (Wildman–Crippen MR) is 37.1 cm³/mol. The SMILES string of the molecule is NCc1ccc(Cl)c(F)n1. The van der Waals surface area contributed by atoms with Gasteiger partial charge < -0.3 is 5.73 Å². The first-order chi connectivity index (χ1) is 4.74. The van der Waals surface area contributed by atoms with Crippen molar-refractivity contribution in [3.8, 4) is 0 Å². The second-order valence-electron chi connectivity index (χ2n) is 1.78. The number of nitrogens with two attached hydrogens (primary N) is 1. The molecule has 2 nitrogen and oxygen atoms in total. The largest absolute Gasteiger partial charge is 0.325 e. The zero-order valence-corrected chi connectivity index (χ0v) is 5.90. The van der Waals surface area contributed by atoms with Crippen LogP contribution in [0.25, 0.3) is 0 Å². The van der Waals surface area contributed by atoms with Gasteiger partial charge in [-0.15, -0.1) is 0 Å². The third-order valence-corrected chi connectivity index (χ3v) is 1.35. The summed E-state index contributed by atoms with van der Waals surface area (Å²) in [4.78, 5) is 3.47. The Morgan fingerprint density at radius 1 is 1.60 bits per heavy atom. The minimum Gasteiger partial charge on any atom is -0.325 e. The fourth-order valence-electron chi connectivity index (χ4n) is 0.569. The van der Waals surface area contributed by atoms with Gasteiger partial charge in [0.05, 0.1) is 10.7 Å². The summed E-state index contributed by atoms with van der Waals surface area (Å²) in [6.07, 6.45) is 0. The molecule has 10 heavy (non-hydrogen) atoms. The minimum absolute atomic E-state index is 0.0252. The molecule has 0 bridgehead atoms. The normalized spacial score (nSPS) is 9.90. The molecule has 2 N–H and O–H groups in total. The molecule has 1 aromatic rings. The van der Waals surface area contributed by atoms with Crippen LogP contribution in [-0.4, -0.2) is 4.98 Å². The van der Waals surface area contributed by atoms with E-state index in [9.17, 15) is 4.39 Å². The molecule has 0 saturated heterocycles. The van der Waals surface area contributed by atoms with Crippen molar-refractivity contribution >= 4 is 11.6 Å². The zero-order valence-electron chi connectivity index (χ0n) is 5.14. The van der Waals surface area contributed by atoms with E-state index in [4.69, 9.17) is 17.3 Å². The lowest BCUT2D eigenvalue weighted by Crippen LogP contribution is -2.00. The topological polar surface area (TPSA) is 38.9 Å². The second kappa shape index (κ2) is 2.94. The molecule has 1 rings (SSSR count). The highest BCUT2D eigenvalue weighted by Gasteiger charge is 1.99. The molecule has 0 unspecified atom stereocenters. The molecule has 0 aliphatic rings. The smallest absolute Gasteiger partial charge is 0.231 e. The lowest BCUT2D eigenvalue weighted by molar-refractivity contribution is 0.577.